The number of aromatic nitrogens is 1. The van der Waals surface area contributed by atoms with Crippen LogP contribution in [-0.2, 0) is 16.9 Å². The van der Waals surface area contributed by atoms with Gasteiger partial charge in [-0.05, 0) is 31.9 Å². The molecule has 0 bridgehead atoms. The van der Waals surface area contributed by atoms with Crippen molar-refractivity contribution in [1.82, 2.24) is 15.4 Å². The fourth-order valence-electron chi connectivity index (χ4n) is 3.56. The van der Waals surface area contributed by atoms with Crippen LogP contribution in [0.2, 0.25) is 0 Å². The molecule has 3 amide bonds. The summed E-state index contributed by atoms with van der Waals surface area (Å²) in [5.74, 6) is 0.146. The Morgan fingerprint density at radius 2 is 1.79 bits per heavy atom. The minimum Gasteiger partial charge on any atom is -0.359 e. The first-order valence-corrected chi connectivity index (χ1v) is 9.11. The third kappa shape index (κ3) is 2.97. The molecule has 3 aromatic rings. The van der Waals surface area contributed by atoms with Crippen LogP contribution in [-0.4, -0.2) is 22.0 Å². The molecule has 0 spiro atoms. The maximum atomic E-state index is 13.1. The zero-order valence-corrected chi connectivity index (χ0v) is 16.0. The summed E-state index contributed by atoms with van der Waals surface area (Å²) in [4.78, 5) is 26.8. The number of nitrogens with one attached hydrogen (secondary N) is 1. The molecule has 0 aliphatic carbocycles. The highest BCUT2D eigenvalue weighted by Crippen LogP contribution is 2.32. The lowest BCUT2D eigenvalue weighted by molar-refractivity contribution is -0.131. The van der Waals surface area contributed by atoms with Gasteiger partial charge in [-0.1, -0.05) is 59.3 Å². The van der Waals surface area contributed by atoms with Crippen molar-refractivity contribution in [3.8, 4) is 11.3 Å². The number of urea groups is 1. The predicted molar refractivity (Wildman–Crippen MR) is 104 cm³/mol. The number of amides is 3. The van der Waals surface area contributed by atoms with Gasteiger partial charge in [0.15, 0.2) is 5.76 Å². The number of imide groups is 1. The van der Waals surface area contributed by atoms with Gasteiger partial charge in [0.1, 0.15) is 11.2 Å². The first kappa shape index (κ1) is 18.0. The van der Waals surface area contributed by atoms with Crippen LogP contribution in [0.1, 0.15) is 29.4 Å². The maximum Gasteiger partial charge on any atom is 0.325 e. The molecule has 142 valence electrons. The lowest BCUT2D eigenvalue weighted by Crippen LogP contribution is -2.41. The van der Waals surface area contributed by atoms with Crippen LogP contribution in [0.4, 0.5) is 4.79 Å². The van der Waals surface area contributed by atoms with Crippen molar-refractivity contribution in [3.05, 3.63) is 77.0 Å². The lowest BCUT2D eigenvalue weighted by atomic mass is 9.88. The average molecular weight is 375 g/mol. The Balaban J connectivity index is 1.58. The molecule has 1 saturated heterocycles. The van der Waals surface area contributed by atoms with E-state index >= 15 is 0 Å². The first-order valence-electron chi connectivity index (χ1n) is 9.11. The number of carbonyl (C=O) groups is 2. The molecule has 4 rings (SSSR count). The lowest BCUT2D eigenvalue weighted by Gasteiger charge is -2.23. The molecule has 1 atom stereocenters. The number of nitrogens with zero attached hydrogens (tertiary/aromatic N) is 2. The Kier molecular flexibility index (Phi) is 4.26. The molecule has 0 radical (unpaired) electrons. The number of hydrogen-bond donors (Lipinski definition) is 1. The molecule has 1 aliphatic rings. The summed E-state index contributed by atoms with van der Waals surface area (Å²) in [6.45, 7) is 5.70. The monoisotopic (exact) mass is 375 g/mol. The van der Waals surface area contributed by atoms with E-state index in [1.54, 1.807) is 13.0 Å². The molecule has 2 heterocycles. The summed E-state index contributed by atoms with van der Waals surface area (Å²) in [5.41, 5.74) is 3.38. The fourth-order valence-corrected chi connectivity index (χ4v) is 3.56. The second kappa shape index (κ2) is 6.64. The highest BCUT2D eigenvalue weighted by atomic mass is 16.5. The molecule has 1 N–H and O–H groups in total. The van der Waals surface area contributed by atoms with Crippen LogP contribution in [0, 0.1) is 13.8 Å². The summed E-state index contributed by atoms with van der Waals surface area (Å²) in [7, 11) is 0. The Hall–Kier alpha value is -3.41. The molecule has 0 saturated carbocycles. The third-order valence-electron chi connectivity index (χ3n) is 5.18. The maximum absolute atomic E-state index is 13.1. The normalized spacial score (nSPS) is 19.2. The quantitative estimate of drug-likeness (QED) is 0.701. The predicted octanol–water partition coefficient (Wildman–Crippen LogP) is 3.93. The van der Waals surface area contributed by atoms with Gasteiger partial charge in [-0.3, -0.25) is 9.69 Å². The zero-order valence-electron chi connectivity index (χ0n) is 16.0. The van der Waals surface area contributed by atoms with Crippen LogP contribution in [0.5, 0.6) is 0 Å². The van der Waals surface area contributed by atoms with Gasteiger partial charge in [0.25, 0.3) is 5.91 Å². The van der Waals surface area contributed by atoms with E-state index < -0.39 is 11.6 Å². The molecular formula is C22H21N3O3. The van der Waals surface area contributed by atoms with Gasteiger partial charge in [0.05, 0.1) is 6.54 Å². The SMILES string of the molecule is Cc1ccc(-c2cc(CN3C(=O)NC(C)(c4ccccc4C)C3=O)on2)cc1. The highest BCUT2D eigenvalue weighted by molar-refractivity contribution is 6.07. The largest absolute Gasteiger partial charge is 0.359 e. The van der Waals surface area contributed by atoms with E-state index in [2.05, 4.69) is 10.5 Å². The summed E-state index contributed by atoms with van der Waals surface area (Å²) in [6, 6.07) is 16.8. The van der Waals surface area contributed by atoms with Crippen LogP contribution in [0.15, 0.2) is 59.1 Å². The molecule has 6 heteroatoms. The number of carbonyl (C=O) groups excluding carboxylic acids is 2. The van der Waals surface area contributed by atoms with Gasteiger partial charge < -0.3 is 9.84 Å². The van der Waals surface area contributed by atoms with Gasteiger partial charge in [-0.15, -0.1) is 0 Å². The van der Waals surface area contributed by atoms with E-state index in [9.17, 15) is 9.59 Å². The summed E-state index contributed by atoms with van der Waals surface area (Å²) < 4.78 is 5.38. The van der Waals surface area contributed by atoms with Gasteiger partial charge in [-0.25, -0.2) is 4.79 Å². The van der Waals surface area contributed by atoms with E-state index in [0.717, 1.165) is 22.3 Å². The van der Waals surface area contributed by atoms with Gasteiger partial charge in [0, 0.05) is 11.6 Å². The van der Waals surface area contributed by atoms with E-state index in [0.29, 0.717) is 11.5 Å². The Morgan fingerprint density at radius 1 is 1.07 bits per heavy atom. The summed E-state index contributed by atoms with van der Waals surface area (Å²) >= 11 is 0. The molecule has 2 aromatic carbocycles. The van der Waals surface area contributed by atoms with Crippen molar-refractivity contribution in [2.45, 2.75) is 32.9 Å². The van der Waals surface area contributed by atoms with E-state index in [1.165, 1.54) is 4.90 Å². The standard InChI is InChI=1S/C22H21N3O3/c1-14-8-10-16(11-9-14)19-12-17(28-24-19)13-25-20(26)22(3,23-21(25)27)18-7-5-4-6-15(18)2/h4-12H,13H2,1-3H3,(H,23,27). The van der Waals surface area contributed by atoms with E-state index in [1.807, 2.05) is 62.4 Å². The summed E-state index contributed by atoms with van der Waals surface area (Å²) in [5, 5.41) is 6.90. The van der Waals surface area contributed by atoms with Crippen LogP contribution in [0.3, 0.4) is 0 Å². The first-order chi connectivity index (χ1) is 13.4. The van der Waals surface area contributed by atoms with Crippen LogP contribution in [0.25, 0.3) is 11.3 Å². The topological polar surface area (TPSA) is 75.4 Å². The van der Waals surface area contributed by atoms with Crippen LogP contribution < -0.4 is 5.32 Å². The number of hydrogen-bond acceptors (Lipinski definition) is 4. The molecule has 1 fully saturated rings. The fraction of sp³-hybridized carbons (Fsp3) is 0.227. The van der Waals surface area contributed by atoms with Crippen molar-refractivity contribution < 1.29 is 14.1 Å². The number of rotatable bonds is 4. The minimum absolute atomic E-state index is 0.0327. The smallest absolute Gasteiger partial charge is 0.325 e. The third-order valence-corrected chi connectivity index (χ3v) is 5.18. The Bertz CT molecular complexity index is 1050. The Morgan fingerprint density at radius 3 is 2.50 bits per heavy atom. The van der Waals surface area contributed by atoms with E-state index in [4.69, 9.17) is 4.52 Å². The average Bonchev–Trinajstić information content (AvgIpc) is 3.22. The van der Waals surface area contributed by atoms with Crippen molar-refractivity contribution in [3.63, 3.8) is 0 Å². The number of aryl methyl sites for hydroxylation is 2. The molecule has 1 aliphatic heterocycles. The van der Waals surface area contributed by atoms with E-state index in [-0.39, 0.29) is 12.5 Å². The molecule has 1 unspecified atom stereocenters. The highest BCUT2D eigenvalue weighted by Gasteiger charge is 2.49. The second-order valence-corrected chi connectivity index (χ2v) is 7.31. The van der Waals surface area contributed by atoms with Gasteiger partial charge in [0.2, 0.25) is 0 Å². The van der Waals surface area contributed by atoms with Crippen molar-refractivity contribution in [2.24, 2.45) is 0 Å². The zero-order chi connectivity index (χ0) is 19.9. The minimum atomic E-state index is -1.10. The number of benzene rings is 2. The van der Waals surface area contributed by atoms with Crippen molar-refractivity contribution >= 4 is 11.9 Å². The Labute approximate surface area is 163 Å². The summed E-state index contributed by atoms with van der Waals surface area (Å²) in [6.07, 6.45) is 0. The molecule has 6 nitrogen and oxygen atoms in total. The van der Waals surface area contributed by atoms with Gasteiger partial charge >= 0.3 is 6.03 Å². The van der Waals surface area contributed by atoms with Crippen molar-refractivity contribution in [2.75, 3.05) is 0 Å². The molecular weight excluding hydrogens is 354 g/mol. The van der Waals surface area contributed by atoms with Gasteiger partial charge in [-0.2, -0.15) is 0 Å². The molecule has 1 aromatic heterocycles. The van der Waals surface area contributed by atoms with Crippen LogP contribution >= 0.6 is 0 Å². The second-order valence-electron chi connectivity index (χ2n) is 7.31. The molecule has 28 heavy (non-hydrogen) atoms. The van der Waals surface area contributed by atoms with Crippen molar-refractivity contribution in [1.29, 1.82) is 0 Å².